The second-order valence-corrected chi connectivity index (χ2v) is 9.29. The van der Waals surface area contributed by atoms with Crippen molar-refractivity contribution in [1.82, 2.24) is 10.2 Å². The van der Waals surface area contributed by atoms with E-state index in [1.807, 2.05) is 13.8 Å². The Bertz CT molecular complexity index is 1020. The smallest absolute Gasteiger partial charge is 0.309 e. The first kappa shape index (κ1) is 23.9. The summed E-state index contributed by atoms with van der Waals surface area (Å²) in [5.41, 5.74) is 0.925. The third-order valence-electron chi connectivity index (χ3n) is 6.23. The molecular formula is C24H29N3O7. The lowest BCUT2D eigenvalue weighted by Gasteiger charge is -2.33. The maximum absolute atomic E-state index is 13.1. The highest BCUT2D eigenvalue weighted by Crippen LogP contribution is 2.33. The maximum atomic E-state index is 13.1. The molecule has 3 aliphatic rings. The number of nitrogens with one attached hydrogen (secondary N) is 2. The van der Waals surface area contributed by atoms with Gasteiger partial charge in [0.05, 0.1) is 36.4 Å². The zero-order valence-corrected chi connectivity index (χ0v) is 19.3. The molecular weight excluding hydrogens is 442 g/mol. The predicted octanol–water partition coefficient (Wildman–Crippen LogP) is 1.49. The molecule has 0 bridgehead atoms. The fourth-order valence-electron chi connectivity index (χ4n) is 4.33. The summed E-state index contributed by atoms with van der Waals surface area (Å²) in [5.74, 6) is -2.13. The lowest BCUT2D eigenvalue weighted by atomic mass is 9.82. The molecule has 0 radical (unpaired) electrons. The molecule has 34 heavy (non-hydrogen) atoms. The number of esters is 1. The Morgan fingerprint density at radius 2 is 1.94 bits per heavy atom. The van der Waals surface area contributed by atoms with Gasteiger partial charge in [0, 0.05) is 18.7 Å². The first-order chi connectivity index (χ1) is 16.3. The summed E-state index contributed by atoms with van der Waals surface area (Å²) < 4.78 is 11.0. The zero-order chi connectivity index (χ0) is 24.4. The van der Waals surface area contributed by atoms with E-state index in [4.69, 9.17) is 9.47 Å². The summed E-state index contributed by atoms with van der Waals surface area (Å²) in [4.78, 5) is 62.5. The molecule has 2 aliphatic heterocycles. The fourth-order valence-corrected chi connectivity index (χ4v) is 4.33. The van der Waals surface area contributed by atoms with Gasteiger partial charge in [-0.2, -0.15) is 0 Å². The van der Waals surface area contributed by atoms with Crippen LogP contribution in [0.3, 0.4) is 0 Å². The lowest BCUT2D eigenvalue weighted by molar-refractivity contribution is -0.158. The minimum Gasteiger partial charge on any atom is -0.465 e. The number of benzene rings is 1. The molecule has 182 valence electrons. The van der Waals surface area contributed by atoms with Crippen molar-refractivity contribution in [3.05, 3.63) is 29.3 Å². The van der Waals surface area contributed by atoms with Crippen LogP contribution in [0.15, 0.2) is 18.2 Å². The number of hydrogen-bond acceptors (Lipinski definition) is 8. The molecule has 1 saturated heterocycles. The summed E-state index contributed by atoms with van der Waals surface area (Å²) in [6, 6.07) is 3.92. The molecule has 1 aliphatic carbocycles. The number of carbonyl (C=O) groups is 5. The van der Waals surface area contributed by atoms with Crippen LogP contribution >= 0.6 is 0 Å². The van der Waals surface area contributed by atoms with Crippen LogP contribution in [0.5, 0.6) is 0 Å². The van der Waals surface area contributed by atoms with E-state index < -0.39 is 29.7 Å². The average molecular weight is 472 g/mol. The largest absolute Gasteiger partial charge is 0.465 e. The van der Waals surface area contributed by atoms with Crippen LogP contribution < -0.4 is 10.6 Å². The Labute approximate surface area is 197 Å². The minimum atomic E-state index is -1.000. The Balaban J connectivity index is 1.28. The minimum absolute atomic E-state index is 0.00823. The first-order valence-corrected chi connectivity index (χ1v) is 11.6. The van der Waals surface area contributed by atoms with Crippen LogP contribution in [-0.4, -0.2) is 66.4 Å². The molecule has 4 amide bonds. The van der Waals surface area contributed by atoms with Crippen molar-refractivity contribution in [2.75, 3.05) is 25.1 Å². The topological polar surface area (TPSA) is 131 Å². The summed E-state index contributed by atoms with van der Waals surface area (Å²) in [6.45, 7) is 5.17. The second-order valence-electron chi connectivity index (χ2n) is 9.29. The Kier molecular flexibility index (Phi) is 6.97. The van der Waals surface area contributed by atoms with Crippen molar-refractivity contribution in [2.24, 2.45) is 11.8 Å². The summed E-state index contributed by atoms with van der Waals surface area (Å²) >= 11 is 0. The van der Waals surface area contributed by atoms with Gasteiger partial charge in [0.2, 0.25) is 11.8 Å². The third kappa shape index (κ3) is 4.82. The van der Waals surface area contributed by atoms with E-state index in [-0.39, 0.29) is 42.0 Å². The van der Waals surface area contributed by atoms with Crippen molar-refractivity contribution >= 4 is 35.3 Å². The molecule has 1 saturated carbocycles. The van der Waals surface area contributed by atoms with Crippen LogP contribution in [0.4, 0.5) is 5.69 Å². The number of nitrogens with zero attached hydrogens (tertiary/aromatic N) is 1. The highest BCUT2D eigenvalue weighted by atomic mass is 16.5. The van der Waals surface area contributed by atoms with Gasteiger partial charge in [0.25, 0.3) is 11.8 Å². The molecule has 0 spiro atoms. The molecule has 4 rings (SSSR count). The number of piperidine rings is 1. The predicted molar refractivity (Wildman–Crippen MR) is 120 cm³/mol. The lowest BCUT2D eigenvalue weighted by Crippen LogP contribution is -2.54. The van der Waals surface area contributed by atoms with Gasteiger partial charge in [-0.25, -0.2) is 0 Å². The standard InChI is InChI=1S/C24H29N3O7/c1-13(2)12-34-24(32)14-10-15(11-14)33-9-8-25-17-5-3-4-16-20(17)23(31)27(22(16)30)18-6-7-19(28)26-21(18)29/h3-5,13-15,18,25H,6-12H2,1-2H3,(H,26,28,29)/t14-,15+,18?. The Morgan fingerprint density at radius 1 is 1.18 bits per heavy atom. The second kappa shape index (κ2) is 9.92. The van der Waals surface area contributed by atoms with Gasteiger partial charge in [-0.3, -0.25) is 34.2 Å². The summed E-state index contributed by atoms with van der Waals surface area (Å²) in [5, 5.41) is 5.33. The molecule has 2 N–H and O–H groups in total. The number of imide groups is 2. The van der Waals surface area contributed by atoms with Crippen molar-refractivity contribution in [3.63, 3.8) is 0 Å². The molecule has 1 atom stereocenters. The number of hydrogen-bond donors (Lipinski definition) is 2. The summed E-state index contributed by atoms with van der Waals surface area (Å²) in [6.07, 6.45) is 1.44. The Morgan fingerprint density at radius 3 is 2.65 bits per heavy atom. The number of ether oxygens (including phenoxy) is 2. The van der Waals surface area contributed by atoms with Crippen LogP contribution in [0.2, 0.25) is 0 Å². The van der Waals surface area contributed by atoms with Gasteiger partial charge in [-0.05, 0) is 37.3 Å². The first-order valence-electron chi connectivity index (χ1n) is 11.6. The van der Waals surface area contributed by atoms with Crippen molar-refractivity contribution in [2.45, 2.75) is 51.7 Å². The molecule has 0 aromatic heterocycles. The van der Waals surface area contributed by atoms with E-state index in [0.29, 0.717) is 44.2 Å². The zero-order valence-electron chi connectivity index (χ0n) is 19.3. The van der Waals surface area contributed by atoms with Gasteiger partial charge >= 0.3 is 5.97 Å². The van der Waals surface area contributed by atoms with E-state index in [9.17, 15) is 24.0 Å². The van der Waals surface area contributed by atoms with Crippen molar-refractivity contribution < 1.29 is 33.4 Å². The molecule has 1 aromatic carbocycles. The van der Waals surface area contributed by atoms with Crippen molar-refractivity contribution in [1.29, 1.82) is 0 Å². The highest BCUT2D eigenvalue weighted by Gasteiger charge is 2.45. The van der Waals surface area contributed by atoms with Gasteiger partial charge in [0.15, 0.2) is 0 Å². The number of anilines is 1. The normalized spacial score (nSPS) is 24.1. The highest BCUT2D eigenvalue weighted by molar-refractivity contribution is 6.25. The van der Waals surface area contributed by atoms with Crippen LogP contribution in [0.1, 0.15) is 60.2 Å². The maximum Gasteiger partial charge on any atom is 0.309 e. The monoisotopic (exact) mass is 471 g/mol. The number of amides is 4. The molecule has 10 nitrogen and oxygen atoms in total. The molecule has 2 heterocycles. The summed E-state index contributed by atoms with van der Waals surface area (Å²) in [7, 11) is 0. The van der Waals surface area contributed by atoms with Crippen LogP contribution in [0, 0.1) is 11.8 Å². The van der Waals surface area contributed by atoms with Crippen LogP contribution in [-0.2, 0) is 23.9 Å². The van der Waals surface area contributed by atoms with E-state index in [0.717, 1.165) is 4.90 Å². The number of rotatable bonds is 9. The SMILES string of the molecule is CC(C)COC(=O)[C@H]1C[C@@H](OCCNc2cccc3c2C(=O)N(C2CCC(=O)NC2=O)C3=O)C1. The molecule has 2 fully saturated rings. The van der Waals surface area contributed by atoms with E-state index in [1.165, 1.54) is 0 Å². The molecule has 10 heteroatoms. The van der Waals surface area contributed by atoms with E-state index in [1.54, 1.807) is 18.2 Å². The van der Waals surface area contributed by atoms with E-state index >= 15 is 0 Å². The van der Waals surface area contributed by atoms with Gasteiger partial charge in [0.1, 0.15) is 6.04 Å². The third-order valence-corrected chi connectivity index (χ3v) is 6.23. The quantitative estimate of drug-likeness (QED) is 0.315. The number of fused-ring (bicyclic) bond motifs is 1. The molecule has 1 aromatic rings. The van der Waals surface area contributed by atoms with Gasteiger partial charge < -0.3 is 14.8 Å². The van der Waals surface area contributed by atoms with E-state index in [2.05, 4.69) is 10.6 Å². The number of carbonyl (C=O) groups excluding carboxylic acids is 5. The van der Waals surface area contributed by atoms with Crippen molar-refractivity contribution in [3.8, 4) is 0 Å². The molecule has 1 unspecified atom stereocenters. The van der Waals surface area contributed by atoms with Crippen LogP contribution in [0.25, 0.3) is 0 Å². The van der Waals surface area contributed by atoms with Gasteiger partial charge in [-0.15, -0.1) is 0 Å². The average Bonchev–Trinajstić information content (AvgIpc) is 3.01. The Hall–Kier alpha value is -3.27. The van der Waals surface area contributed by atoms with Gasteiger partial charge in [-0.1, -0.05) is 19.9 Å². The fraction of sp³-hybridized carbons (Fsp3) is 0.542.